The molecule has 0 aromatic heterocycles. The van der Waals surface area contributed by atoms with E-state index in [2.05, 4.69) is 34.6 Å². The van der Waals surface area contributed by atoms with Crippen molar-refractivity contribution in [3.63, 3.8) is 0 Å². The Hall–Kier alpha value is -0.0400. The number of hydrogen-bond donors (Lipinski definition) is 1. The van der Waals surface area contributed by atoms with E-state index in [0.717, 1.165) is 24.2 Å². The van der Waals surface area contributed by atoms with Crippen LogP contribution in [0.5, 0.6) is 0 Å². The molecule has 0 aromatic carbocycles. The summed E-state index contributed by atoms with van der Waals surface area (Å²) in [4.78, 5) is 0. The van der Waals surface area contributed by atoms with Crippen molar-refractivity contribution in [2.24, 2.45) is 23.7 Å². The van der Waals surface area contributed by atoms with Gasteiger partial charge in [-0.05, 0) is 30.1 Å². The van der Waals surface area contributed by atoms with Gasteiger partial charge in [0.25, 0.3) is 0 Å². The van der Waals surface area contributed by atoms with Gasteiger partial charge in [-0.25, -0.2) is 0 Å². The van der Waals surface area contributed by atoms with E-state index in [0.29, 0.717) is 12.5 Å². The molecule has 0 unspecified atom stereocenters. The molecule has 0 aliphatic rings. The fourth-order valence-electron chi connectivity index (χ4n) is 3.16. The largest absolute Gasteiger partial charge is 0.396 e. The first-order valence-corrected chi connectivity index (χ1v) is 9.56. The molecule has 0 bridgehead atoms. The number of hydrogen-bond acceptors (Lipinski definition) is 1. The zero-order valence-electron chi connectivity index (χ0n) is 15.5. The molecule has 0 fully saturated rings. The van der Waals surface area contributed by atoms with Crippen LogP contribution >= 0.6 is 0 Å². The minimum atomic E-state index is 0.353. The van der Waals surface area contributed by atoms with E-state index >= 15 is 0 Å². The maximum atomic E-state index is 8.91. The van der Waals surface area contributed by atoms with Gasteiger partial charge in [-0.1, -0.05) is 92.4 Å². The van der Waals surface area contributed by atoms with Crippen LogP contribution < -0.4 is 0 Å². The number of aliphatic hydroxyl groups excluding tert-OH is 1. The van der Waals surface area contributed by atoms with Crippen molar-refractivity contribution in [1.29, 1.82) is 0 Å². The second-order valence-corrected chi connectivity index (χ2v) is 8.01. The third kappa shape index (κ3) is 14.7. The topological polar surface area (TPSA) is 20.2 Å². The maximum Gasteiger partial charge on any atom is 0.0433 e. The molecule has 0 amide bonds. The summed E-state index contributed by atoms with van der Waals surface area (Å²) in [6, 6.07) is 0. The Balaban J connectivity index is 3.45. The predicted molar refractivity (Wildman–Crippen MR) is 95.6 cm³/mol. The predicted octanol–water partition coefficient (Wildman–Crippen LogP) is 6.44. The minimum absolute atomic E-state index is 0.353. The van der Waals surface area contributed by atoms with Crippen molar-refractivity contribution < 1.29 is 5.11 Å². The van der Waals surface area contributed by atoms with E-state index in [1.54, 1.807) is 0 Å². The molecule has 128 valence electrons. The molecule has 0 aliphatic heterocycles. The third-order valence-corrected chi connectivity index (χ3v) is 4.89. The minimum Gasteiger partial charge on any atom is -0.396 e. The maximum absolute atomic E-state index is 8.91. The van der Waals surface area contributed by atoms with Crippen LogP contribution in [-0.2, 0) is 0 Å². The molecule has 0 aromatic rings. The Kier molecular flexibility index (Phi) is 13.6. The average molecular weight is 299 g/mol. The molecule has 0 saturated heterocycles. The van der Waals surface area contributed by atoms with Gasteiger partial charge in [-0.15, -0.1) is 0 Å². The van der Waals surface area contributed by atoms with Crippen molar-refractivity contribution in [2.45, 2.75) is 98.8 Å². The molecule has 1 heteroatoms. The van der Waals surface area contributed by atoms with Crippen LogP contribution in [0.4, 0.5) is 0 Å². The highest BCUT2D eigenvalue weighted by Crippen LogP contribution is 2.22. The van der Waals surface area contributed by atoms with Gasteiger partial charge in [0.1, 0.15) is 0 Å². The van der Waals surface area contributed by atoms with Crippen LogP contribution in [-0.4, -0.2) is 11.7 Å². The van der Waals surface area contributed by atoms with Crippen molar-refractivity contribution in [1.82, 2.24) is 0 Å². The Bertz CT molecular complexity index is 212. The van der Waals surface area contributed by atoms with Crippen LogP contribution in [0.1, 0.15) is 98.8 Å². The molecule has 0 rings (SSSR count). The lowest BCUT2D eigenvalue weighted by Gasteiger charge is -2.16. The van der Waals surface area contributed by atoms with Crippen molar-refractivity contribution in [2.75, 3.05) is 6.61 Å². The summed E-state index contributed by atoms with van der Waals surface area (Å²) in [5, 5.41) is 8.91. The molecule has 1 N–H and O–H groups in total. The van der Waals surface area contributed by atoms with E-state index in [-0.39, 0.29) is 0 Å². The van der Waals surface area contributed by atoms with Gasteiger partial charge < -0.3 is 5.11 Å². The van der Waals surface area contributed by atoms with Gasteiger partial charge >= 0.3 is 0 Å². The Morgan fingerprint density at radius 3 is 1.19 bits per heavy atom. The molecule has 21 heavy (non-hydrogen) atoms. The highest BCUT2D eigenvalue weighted by atomic mass is 16.3. The second kappa shape index (κ2) is 13.6. The Morgan fingerprint density at radius 2 is 0.857 bits per heavy atom. The fraction of sp³-hybridized carbons (Fsp3) is 1.00. The highest BCUT2D eigenvalue weighted by Gasteiger charge is 2.07. The average Bonchev–Trinajstić information content (AvgIpc) is 2.38. The number of rotatable bonds is 14. The van der Waals surface area contributed by atoms with Crippen LogP contribution in [0, 0.1) is 23.7 Å². The third-order valence-electron chi connectivity index (χ3n) is 4.89. The molecular weight excluding hydrogens is 256 g/mol. The van der Waals surface area contributed by atoms with Gasteiger partial charge in [0.15, 0.2) is 0 Å². The summed E-state index contributed by atoms with van der Waals surface area (Å²) in [5.74, 6) is 3.36. The molecule has 0 spiro atoms. The first-order chi connectivity index (χ1) is 9.95. The first kappa shape index (κ1) is 21.0. The quantitative estimate of drug-likeness (QED) is 0.391. The highest BCUT2D eigenvalue weighted by molar-refractivity contribution is 4.60. The molecule has 3 atom stereocenters. The summed E-state index contributed by atoms with van der Waals surface area (Å²) in [6.07, 6.45) is 13.4. The summed E-state index contributed by atoms with van der Waals surface area (Å²) in [6.45, 7) is 12.1. The molecular formula is C20H42O. The van der Waals surface area contributed by atoms with Gasteiger partial charge in [0.05, 0.1) is 0 Å². The van der Waals surface area contributed by atoms with E-state index in [1.165, 1.54) is 57.8 Å². The van der Waals surface area contributed by atoms with Gasteiger partial charge in [-0.2, -0.15) is 0 Å². The summed E-state index contributed by atoms with van der Waals surface area (Å²) in [5.41, 5.74) is 0. The SMILES string of the molecule is CC(C)CCC[C@@H](C)CCC[C@H](C)CCC[C@@H](C)CCO. The van der Waals surface area contributed by atoms with Gasteiger partial charge in [0, 0.05) is 6.61 Å². The normalized spacial score (nSPS) is 16.1. The Labute approximate surface area is 134 Å². The zero-order chi connectivity index (χ0) is 16.1. The van der Waals surface area contributed by atoms with Gasteiger partial charge in [-0.3, -0.25) is 0 Å². The molecule has 0 saturated carbocycles. The smallest absolute Gasteiger partial charge is 0.0433 e. The van der Waals surface area contributed by atoms with Crippen LogP contribution in [0.2, 0.25) is 0 Å². The second-order valence-electron chi connectivity index (χ2n) is 8.01. The number of aliphatic hydroxyl groups is 1. The van der Waals surface area contributed by atoms with Crippen molar-refractivity contribution in [3.05, 3.63) is 0 Å². The van der Waals surface area contributed by atoms with E-state index in [4.69, 9.17) is 5.11 Å². The Morgan fingerprint density at radius 1 is 0.524 bits per heavy atom. The van der Waals surface area contributed by atoms with Gasteiger partial charge in [0.2, 0.25) is 0 Å². The lowest BCUT2D eigenvalue weighted by atomic mass is 9.91. The van der Waals surface area contributed by atoms with E-state index < -0.39 is 0 Å². The van der Waals surface area contributed by atoms with Crippen LogP contribution in [0.25, 0.3) is 0 Å². The molecule has 0 aliphatic carbocycles. The first-order valence-electron chi connectivity index (χ1n) is 9.56. The monoisotopic (exact) mass is 298 g/mol. The lowest BCUT2D eigenvalue weighted by Crippen LogP contribution is -2.02. The summed E-state index contributed by atoms with van der Waals surface area (Å²) in [7, 11) is 0. The summed E-state index contributed by atoms with van der Waals surface area (Å²) >= 11 is 0. The van der Waals surface area contributed by atoms with E-state index in [9.17, 15) is 0 Å². The fourth-order valence-corrected chi connectivity index (χ4v) is 3.16. The van der Waals surface area contributed by atoms with E-state index in [1.807, 2.05) is 0 Å². The lowest BCUT2D eigenvalue weighted by molar-refractivity contribution is 0.255. The van der Waals surface area contributed by atoms with Crippen molar-refractivity contribution in [3.8, 4) is 0 Å². The summed E-state index contributed by atoms with van der Waals surface area (Å²) < 4.78 is 0. The van der Waals surface area contributed by atoms with Crippen molar-refractivity contribution >= 4 is 0 Å². The zero-order valence-corrected chi connectivity index (χ0v) is 15.5. The molecule has 0 radical (unpaired) electrons. The molecule has 1 nitrogen and oxygen atoms in total. The van der Waals surface area contributed by atoms with Crippen LogP contribution in [0.15, 0.2) is 0 Å². The standard InChI is InChI=1S/C20H42O/c1-17(2)9-6-10-18(3)11-7-12-19(4)13-8-14-20(5)15-16-21/h17-21H,6-16H2,1-5H3/t18-,19+,20-/m1/s1. The van der Waals surface area contributed by atoms with Crippen LogP contribution in [0.3, 0.4) is 0 Å². The molecule has 0 heterocycles.